The van der Waals surface area contributed by atoms with Crippen LogP contribution in [0.2, 0.25) is 0 Å². The molecule has 0 N–H and O–H groups in total. The molecule has 1 fully saturated rings. The maximum Gasteiger partial charge on any atom is 0.338 e. The van der Waals surface area contributed by atoms with Gasteiger partial charge >= 0.3 is 23.9 Å². The first-order chi connectivity index (χ1) is 16.5. The predicted molar refractivity (Wildman–Crippen MR) is 122 cm³/mol. The van der Waals surface area contributed by atoms with Crippen molar-refractivity contribution in [3.05, 3.63) is 70.8 Å². The van der Waals surface area contributed by atoms with Gasteiger partial charge in [0.15, 0.2) is 6.10 Å². The Kier molecular flexibility index (Phi) is 7.91. The predicted octanol–water partition coefficient (Wildman–Crippen LogP) is 3.30. The van der Waals surface area contributed by atoms with Gasteiger partial charge in [-0.25, -0.2) is 9.59 Å². The fourth-order valence-electron chi connectivity index (χ4n) is 3.70. The van der Waals surface area contributed by atoms with Crippen LogP contribution in [0.15, 0.2) is 48.5 Å². The highest BCUT2D eigenvalue weighted by Gasteiger charge is 2.61. The minimum atomic E-state index is -1.70. The zero-order valence-electron chi connectivity index (χ0n) is 20.2. The number of hydrogen-bond donors (Lipinski definition) is 0. The van der Waals surface area contributed by atoms with Crippen LogP contribution in [0.4, 0.5) is 0 Å². The van der Waals surface area contributed by atoms with Crippen LogP contribution in [-0.4, -0.2) is 54.6 Å². The highest BCUT2D eigenvalue weighted by molar-refractivity contribution is 5.90. The maximum atomic E-state index is 12.9. The Hall–Kier alpha value is -3.72. The third-order valence-corrected chi connectivity index (χ3v) is 5.49. The molecule has 2 aromatic rings. The molecule has 0 bridgehead atoms. The lowest BCUT2D eigenvalue weighted by Crippen LogP contribution is -2.52. The van der Waals surface area contributed by atoms with E-state index in [9.17, 15) is 19.2 Å². The Labute approximate surface area is 203 Å². The highest BCUT2D eigenvalue weighted by Crippen LogP contribution is 2.38. The summed E-state index contributed by atoms with van der Waals surface area (Å²) < 4.78 is 27.6. The minimum absolute atomic E-state index is 0.257. The standard InChI is InChI=1S/C26H28O9/c1-15-6-10-19(11-7-15)23(29)31-14-21-22(34-24(30)20-12-8-16(2)9-13-20)26(5,35-18(4)28)25(33-21)32-17(3)27/h6-13,21-22,25H,14H2,1-5H3/t21-,22-,25+,26-/m1/s1. The Morgan fingerprint density at radius 2 is 1.31 bits per heavy atom. The van der Waals surface area contributed by atoms with Crippen LogP contribution in [0.25, 0.3) is 0 Å². The zero-order valence-corrected chi connectivity index (χ0v) is 20.2. The van der Waals surface area contributed by atoms with Crippen molar-refractivity contribution in [1.29, 1.82) is 0 Å². The van der Waals surface area contributed by atoms with Gasteiger partial charge in [0.2, 0.25) is 11.9 Å². The van der Waals surface area contributed by atoms with Crippen LogP contribution >= 0.6 is 0 Å². The molecule has 1 saturated heterocycles. The number of esters is 4. The van der Waals surface area contributed by atoms with Crippen LogP contribution in [-0.2, 0) is 33.3 Å². The van der Waals surface area contributed by atoms with Gasteiger partial charge < -0.3 is 23.7 Å². The second kappa shape index (κ2) is 10.7. The Balaban J connectivity index is 1.87. The van der Waals surface area contributed by atoms with Crippen molar-refractivity contribution < 1.29 is 42.9 Å². The normalized spacial score (nSPS) is 23.3. The van der Waals surface area contributed by atoms with Crippen molar-refractivity contribution in [1.82, 2.24) is 0 Å². The first kappa shape index (κ1) is 25.9. The smallest absolute Gasteiger partial charge is 0.338 e. The number of benzene rings is 2. The van der Waals surface area contributed by atoms with Gasteiger partial charge in [-0.15, -0.1) is 0 Å². The van der Waals surface area contributed by atoms with Crippen molar-refractivity contribution in [2.24, 2.45) is 0 Å². The molecule has 0 amide bonds. The van der Waals surface area contributed by atoms with Gasteiger partial charge in [0, 0.05) is 13.8 Å². The molecule has 4 atom stereocenters. The molecular weight excluding hydrogens is 456 g/mol. The van der Waals surface area contributed by atoms with E-state index in [4.69, 9.17) is 23.7 Å². The van der Waals surface area contributed by atoms with Crippen molar-refractivity contribution in [2.45, 2.75) is 58.7 Å². The quantitative estimate of drug-likeness (QED) is 0.431. The summed E-state index contributed by atoms with van der Waals surface area (Å²) in [6, 6.07) is 13.4. The van der Waals surface area contributed by atoms with E-state index < -0.39 is 48.0 Å². The molecule has 0 saturated carbocycles. The van der Waals surface area contributed by atoms with Crippen LogP contribution in [0.5, 0.6) is 0 Å². The molecule has 0 spiro atoms. The molecular formula is C26H28O9. The van der Waals surface area contributed by atoms with Gasteiger partial charge in [0.1, 0.15) is 12.7 Å². The van der Waals surface area contributed by atoms with Gasteiger partial charge in [-0.1, -0.05) is 35.4 Å². The van der Waals surface area contributed by atoms with Gasteiger partial charge in [-0.2, -0.15) is 0 Å². The first-order valence-electron chi connectivity index (χ1n) is 11.0. The molecule has 35 heavy (non-hydrogen) atoms. The second-order valence-corrected chi connectivity index (χ2v) is 8.55. The molecule has 1 heterocycles. The number of ether oxygens (including phenoxy) is 5. The lowest BCUT2D eigenvalue weighted by atomic mass is 9.96. The molecule has 9 heteroatoms. The van der Waals surface area contributed by atoms with Gasteiger partial charge in [0.05, 0.1) is 11.1 Å². The van der Waals surface area contributed by atoms with Gasteiger partial charge in [-0.3, -0.25) is 9.59 Å². The lowest BCUT2D eigenvalue weighted by molar-refractivity contribution is -0.218. The summed E-state index contributed by atoms with van der Waals surface area (Å²) in [7, 11) is 0. The summed E-state index contributed by atoms with van der Waals surface area (Å²) in [5.74, 6) is -2.74. The van der Waals surface area contributed by atoms with Crippen molar-refractivity contribution in [3.8, 4) is 0 Å². The van der Waals surface area contributed by atoms with Crippen LogP contribution in [0, 0.1) is 13.8 Å². The molecule has 2 aromatic carbocycles. The van der Waals surface area contributed by atoms with E-state index in [1.807, 2.05) is 13.8 Å². The van der Waals surface area contributed by atoms with Crippen molar-refractivity contribution in [2.75, 3.05) is 6.61 Å². The third-order valence-electron chi connectivity index (χ3n) is 5.49. The van der Waals surface area contributed by atoms with E-state index in [1.54, 1.807) is 48.5 Å². The van der Waals surface area contributed by atoms with Crippen molar-refractivity contribution in [3.63, 3.8) is 0 Å². The number of aryl methyl sites for hydroxylation is 2. The Morgan fingerprint density at radius 3 is 1.80 bits per heavy atom. The van der Waals surface area contributed by atoms with E-state index in [2.05, 4.69) is 0 Å². The molecule has 9 nitrogen and oxygen atoms in total. The zero-order chi connectivity index (χ0) is 25.8. The van der Waals surface area contributed by atoms with Gasteiger partial charge in [0.25, 0.3) is 0 Å². The molecule has 3 rings (SSSR count). The molecule has 0 aliphatic carbocycles. The molecule has 186 valence electrons. The SMILES string of the molecule is CC(=O)O[C@H]1O[C@H](COC(=O)c2ccc(C)cc2)[C@@H](OC(=O)c2ccc(C)cc2)[C@@]1(C)OC(C)=O. The number of rotatable bonds is 7. The number of carbonyl (C=O) groups excluding carboxylic acids is 4. The summed E-state index contributed by atoms with van der Waals surface area (Å²) in [4.78, 5) is 49.1. The maximum absolute atomic E-state index is 12.9. The molecule has 0 aromatic heterocycles. The van der Waals surface area contributed by atoms with Crippen LogP contribution in [0.3, 0.4) is 0 Å². The Morgan fingerprint density at radius 1 is 0.800 bits per heavy atom. The van der Waals surface area contributed by atoms with E-state index in [0.717, 1.165) is 18.1 Å². The fourth-order valence-corrected chi connectivity index (χ4v) is 3.70. The fraction of sp³-hybridized carbons (Fsp3) is 0.385. The largest absolute Gasteiger partial charge is 0.459 e. The van der Waals surface area contributed by atoms with Crippen LogP contribution in [0.1, 0.15) is 52.6 Å². The molecule has 1 aliphatic heterocycles. The van der Waals surface area contributed by atoms with E-state index in [0.29, 0.717) is 5.56 Å². The average Bonchev–Trinajstić information content (AvgIpc) is 3.02. The Bertz CT molecular complexity index is 1090. The van der Waals surface area contributed by atoms with E-state index in [1.165, 1.54) is 13.8 Å². The lowest BCUT2D eigenvalue weighted by Gasteiger charge is -2.33. The van der Waals surface area contributed by atoms with E-state index in [-0.39, 0.29) is 12.2 Å². The second-order valence-electron chi connectivity index (χ2n) is 8.55. The minimum Gasteiger partial charge on any atom is -0.459 e. The summed E-state index contributed by atoms with van der Waals surface area (Å²) in [6.45, 7) is 7.17. The first-order valence-corrected chi connectivity index (χ1v) is 11.0. The molecule has 0 unspecified atom stereocenters. The number of carbonyl (C=O) groups is 4. The van der Waals surface area contributed by atoms with Crippen LogP contribution < -0.4 is 0 Å². The van der Waals surface area contributed by atoms with E-state index >= 15 is 0 Å². The topological polar surface area (TPSA) is 114 Å². The summed E-state index contributed by atoms with van der Waals surface area (Å²) in [5, 5.41) is 0. The third kappa shape index (κ3) is 6.24. The molecule has 0 radical (unpaired) electrons. The average molecular weight is 485 g/mol. The monoisotopic (exact) mass is 484 g/mol. The van der Waals surface area contributed by atoms with Gasteiger partial charge in [-0.05, 0) is 45.0 Å². The van der Waals surface area contributed by atoms with Crippen molar-refractivity contribution >= 4 is 23.9 Å². The summed E-state index contributed by atoms with van der Waals surface area (Å²) >= 11 is 0. The number of hydrogen-bond acceptors (Lipinski definition) is 9. The summed E-state index contributed by atoms with van der Waals surface area (Å²) in [6.07, 6.45) is -3.74. The highest BCUT2D eigenvalue weighted by atomic mass is 16.8. The molecule has 1 aliphatic rings. The summed E-state index contributed by atoms with van der Waals surface area (Å²) in [5.41, 5.74) is 0.809.